The van der Waals surface area contributed by atoms with Crippen molar-refractivity contribution in [2.45, 2.75) is 6.54 Å². The van der Waals surface area contributed by atoms with Gasteiger partial charge >= 0.3 is 12.0 Å². The van der Waals surface area contributed by atoms with Gasteiger partial charge in [0.2, 0.25) is 0 Å². The van der Waals surface area contributed by atoms with Gasteiger partial charge in [0.1, 0.15) is 0 Å². The van der Waals surface area contributed by atoms with Crippen LogP contribution in [0.2, 0.25) is 0 Å². The fourth-order valence-corrected chi connectivity index (χ4v) is 1.39. The van der Waals surface area contributed by atoms with Crippen molar-refractivity contribution in [2.75, 3.05) is 27.2 Å². The van der Waals surface area contributed by atoms with Crippen molar-refractivity contribution in [1.82, 2.24) is 20.5 Å². The van der Waals surface area contributed by atoms with Gasteiger partial charge in [-0.05, 0) is 19.2 Å². The van der Waals surface area contributed by atoms with Crippen molar-refractivity contribution in [2.24, 2.45) is 0 Å². The normalized spacial score (nSPS) is 10.0. The summed E-state index contributed by atoms with van der Waals surface area (Å²) in [6.07, 6.45) is 1.41. The van der Waals surface area contributed by atoms with Crippen LogP contribution in [0.1, 0.15) is 16.1 Å². The topological polar surface area (TPSA) is 94.6 Å². The molecule has 104 valence electrons. The third-order valence-electron chi connectivity index (χ3n) is 2.53. The second kappa shape index (κ2) is 7.32. The highest BCUT2D eigenvalue weighted by Crippen LogP contribution is 2.01. The van der Waals surface area contributed by atoms with E-state index in [0.29, 0.717) is 18.8 Å². The maximum Gasteiger partial charge on any atom is 0.335 e. The highest BCUT2D eigenvalue weighted by atomic mass is 16.4. The minimum atomic E-state index is -1.01. The number of hydrogen-bond donors (Lipinski definition) is 3. The number of aromatic nitrogens is 1. The molecule has 0 aliphatic heterocycles. The second-order valence-corrected chi connectivity index (χ2v) is 4.02. The summed E-state index contributed by atoms with van der Waals surface area (Å²) >= 11 is 0. The number of nitrogens with one attached hydrogen (secondary N) is 2. The molecule has 1 aromatic rings. The van der Waals surface area contributed by atoms with E-state index in [2.05, 4.69) is 15.6 Å². The Balaban J connectivity index is 2.50. The maximum atomic E-state index is 11.7. The number of rotatable bonds is 6. The average Bonchev–Trinajstić information content (AvgIpc) is 2.42. The van der Waals surface area contributed by atoms with Crippen LogP contribution in [0.15, 0.2) is 18.3 Å². The molecule has 7 heteroatoms. The quantitative estimate of drug-likeness (QED) is 0.681. The molecule has 0 radical (unpaired) electrons. The van der Waals surface area contributed by atoms with E-state index in [0.717, 1.165) is 0 Å². The minimum Gasteiger partial charge on any atom is -0.478 e. The lowest BCUT2D eigenvalue weighted by Gasteiger charge is -2.17. The molecule has 3 N–H and O–H groups in total. The van der Waals surface area contributed by atoms with Crippen molar-refractivity contribution >= 4 is 12.0 Å². The van der Waals surface area contributed by atoms with Crippen molar-refractivity contribution < 1.29 is 14.7 Å². The third kappa shape index (κ3) is 4.92. The summed E-state index contributed by atoms with van der Waals surface area (Å²) in [4.78, 5) is 28.0. The maximum absolute atomic E-state index is 11.7. The summed E-state index contributed by atoms with van der Waals surface area (Å²) in [5, 5.41) is 14.5. The number of pyridine rings is 1. The number of nitrogens with zero attached hydrogens (tertiary/aromatic N) is 2. The molecule has 0 atom stereocenters. The van der Waals surface area contributed by atoms with Crippen LogP contribution in [-0.2, 0) is 6.54 Å². The molecule has 0 saturated carbocycles. The summed E-state index contributed by atoms with van der Waals surface area (Å²) in [7, 11) is 3.50. The van der Waals surface area contributed by atoms with E-state index in [9.17, 15) is 9.59 Å². The van der Waals surface area contributed by atoms with Gasteiger partial charge in [-0.2, -0.15) is 0 Å². The molecule has 19 heavy (non-hydrogen) atoms. The van der Waals surface area contributed by atoms with E-state index in [-0.39, 0.29) is 18.1 Å². The number of aromatic carboxylic acids is 1. The van der Waals surface area contributed by atoms with Crippen molar-refractivity contribution in [3.05, 3.63) is 29.6 Å². The average molecular weight is 266 g/mol. The van der Waals surface area contributed by atoms with Crippen LogP contribution >= 0.6 is 0 Å². The molecule has 0 aliphatic rings. The summed E-state index contributed by atoms with van der Waals surface area (Å²) in [6, 6.07) is 2.63. The Morgan fingerprint density at radius 2 is 2.21 bits per heavy atom. The van der Waals surface area contributed by atoms with Crippen molar-refractivity contribution in [1.29, 1.82) is 0 Å². The van der Waals surface area contributed by atoms with E-state index in [1.54, 1.807) is 7.05 Å². The molecule has 2 amide bonds. The zero-order chi connectivity index (χ0) is 14.3. The van der Waals surface area contributed by atoms with E-state index in [1.807, 2.05) is 7.05 Å². The minimum absolute atomic E-state index is 0.155. The molecule has 0 fully saturated rings. The molecule has 0 saturated heterocycles. The number of carboxylic acid groups (broad SMARTS) is 1. The molecule has 0 spiro atoms. The molecule has 0 aromatic carbocycles. The summed E-state index contributed by atoms with van der Waals surface area (Å²) in [5.41, 5.74) is 0.665. The molecule has 1 heterocycles. The molecular formula is C12H18N4O3. The van der Waals surface area contributed by atoms with Gasteiger partial charge in [0.05, 0.1) is 17.8 Å². The van der Waals surface area contributed by atoms with Crippen LogP contribution in [0.5, 0.6) is 0 Å². The number of likely N-dealkylation sites (N-methyl/N-ethyl adjacent to an activating group) is 2. The first-order chi connectivity index (χ1) is 9.04. The lowest BCUT2D eigenvalue weighted by molar-refractivity contribution is 0.0696. The van der Waals surface area contributed by atoms with E-state index >= 15 is 0 Å². The zero-order valence-electron chi connectivity index (χ0n) is 11.0. The molecule has 0 aliphatic carbocycles. The van der Waals surface area contributed by atoms with Gasteiger partial charge in [-0.1, -0.05) is 0 Å². The van der Waals surface area contributed by atoms with E-state index < -0.39 is 5.97 Å². The molecular weight excluding hydrogens is 248 g/mol. The largest absolute Gasteiger partial charge is 0.478 e. The van der Waals surface area contributed by atoms with Crippen LogP contribution in [0.25, 0.3) is 0 Å². The Morgan fingerprint density at radius 3 is 2.84 bits per heavy atom. The van der Waals surface area contributed by atoms with Crippen LogP contribution in [0.4, 0.5) is 4.79 Å². The zero-order valence-corrected chi connectivity index (χ0v) is 11.0. The summed E-state index contributed by atoms with van der Waals surface area (Å²) in [6.45, 7) is 1.49. The number of carbonyl (C=O) groups excluding carboxylic acids is 1. The van der Waals surface area contributed by atoms with E-state index in [4.69, 9.17) is 5.11 Å². The number of urea groups is 1. The van der Waals surface area contributed by atoms with Crippen molar-refractivity contribution in [3.63, 3.8) is 0 Å². The molecule has 0 unspecified atom stereocenters. The predicted octanol–water partition coefficient (Wildman–Crippen LogP) is 0.141. The van der Waals surface area contributed by atoms with E-state index in [1.165, 1.54) is 23.2 Å². The van der Waals surface area contributed by atoms with Gasteiger partial charge in [0, 0.05) is 26.3 Å². The fourth-order valence-electron chi connectivity index (χ4n) is 1.39. The summed E-state index contributed by atoms with van der Waals surface area (Å²) in [5.74, 6) is -1.01. The fraction of sp³-hybridized carbons (Fsp3) is 0.417. The first kappa shape index (κ1) is 14.9. The Kier molecular flexibility index (Phi) is 5.74. The monoisotopic (exact) mass is 266 g/mol. The second-order valence-electron chi connectivity index (χ2n) is 4.02. The standard InChI is InChI=1S/C12H18N4O3/c1-13-5-6-16(2)12(19)15-8-10-7-9(11(17)18)3-4-14-10/h3-4,7,13H,5-6,8H2,1-2H3,(H,15,19)(H,17,18). The highest BCUT2D eigenvalue weighted by Gasteiger charge is 2.08. The van der Waals surface area contributed by atoms with Crippen LogP contribution in [0, 0.1) is 0 Å². The van der Waals surface area contributed by atoms with Gasteiger partial charge in [0.25, 0.3) is 0 Å². The molecule has 1 rings (SSSR count). The van der Waals surface area contributed by atoms with Gasteiger partial charge < -0.3 is 20.6 Å². The lowest BCUT2D eigenvalue weighted by Crippen LogP contribution is -2.40. The number of amides is 2. The van der Waals surface area contributed by atoms with Crippen LogP contribution < -0.4 is 10.6 Å². The van der Waals surface area contributed by atoms with Crippen LogP contribution in [0.3, 0.4) is 0 Å². The van der Waals surface area contributed by atoms with Crippen LogP contribution in [-0.4, -0.2) is 54.2 Å². The smallest absolute Gasteiger partial charge is 0.335 e. The first-order valence-corrected chi connectivity index (χ1v) is 5.86. The predicted molar refractivity (Wildman–Crippen MR) is 70.0 cm³/mol. The molecule has 7 nitrogen and oxygen atoms in total. The Labute approximate surface area is 111 Å². The molecule has 1 aromatic heterocycles. The highest BCUT2D eigenvalue weighted by molar-refractivity contribution is 5.87. The third-order valence-corrected chi connectivity index (χ3v) is 2.53. The van der Waals surface area contributed by atoms with Crippen molar-refractivity contribution in [3.8, 4) is 0 Å². The summed E-state index contributed by atoms with van der Waals surface area (Å²) < 4.78 is 0. The Bertz CT molecular complexity index is 450. The van der Waals surface area contributed by atoms with Gasteiger partial charge in [-0.25, -0.2) is 9.59 Å². The number of hydrogen-bond acceptors (Lipinski definition) is 4. The van der Waals surface area contributed by atoms with Gasteiger partial charge in [0.15, 0.2) is 0 Å². The first-order valence-electron chi connectivity index (χ1n) is 5.86. The Hall–Kier alpha value is -2.15. The Morgan fingerprint density at radius 1 is 1.47 bits per heavy atom. The SMILES string of the molecule is CNCCN(C)C(=O)NCc1cc(C(=O)O)ccn1. The number of carboxylic acids is 1. The van der Waals surface area contributed by atoms with Gasteiger partial charge in [-0.3, -0.25) is 4.98 Å². The van der Waals surface area contributed by atoms with Gasteiger partial charge in [-0.15, -0.1) is 0 Å². The lowest BCUT2D eigenvalue weighted by atomic mass is 10.2. The molecule has 0 bridgehead atoms. The number of carbonyl (C=O) groups is 2.